The summed E-state index contributed by atoms with van der Waals surface area (Å²) >= 11 is 3.41. The van der Waals surface area contributed by atoms with Gasteiger partial charge in [-0.1, -0.05) is 6.07 Å². The molecule has 0 bridgehead atoms. The molecular weight excluding hydrogens is 294 g/mol. The molecule has 0 aliphatic rings. The standard InChI is InChI=1S/C13H12BrN3O/c1-8-2-3-11(10(14)6-8)17-13(18)9-4-5-16-12(15)7-9/h2-7H,1H3,(H2,15,16)(H,17,18). The first-order valence-electron chi connectivity index (χ1n) is 5.35. The van der Waals surface area contributed by atoms with Gasteiger partial charge < -0.3 is 11.1 Å². The number of halogens is 1. The number of carbonyl (C=O) groups is 1. The third-order valence-electron chi connectivity index (χ3n) is 2.42. The summed E-state index contributed by atoms with van der Waals surface area (Å²) in [5, 5.41) is 2.81. The lowest BCUT2D eigenvalue weighted by atomic mass is 10.2. The van der Waals surface area contributed by atoms with Gasteiger partial charge >= 0.3 is 0 Å². The van der Waals surface area contributed by atoms with Crippen LogP contribution in [0.15, 0.2) is 41.0 Å². The van der Waals surface area contributed by atoms with Crippen molar-refractivity contribution in [2.24, 2.45) is 0 Å². The van der Waals surface area contributed by atoms with Crippen molar-refractivity contribution in [2.75, 3.05) is 11.1 Å². The van der Waals surface area contributed by atoms with Crippen molar-refractivity contribution in [2.45, 2.75) is 6.92 Å². The average Bonchev–Trinajstić information content (AvgIpc) is 2.32. The lowest BCUT2D eigenvalue weighted by molar-refractivity contribution is 0.102. The molecule has 0 unspecified atom stereocenters. The average molecular weight is 306 g/mol. The van der Waals surface area contributed by atoms with E-state index < -0.39 is 0 Å². The zero-order chi connectivity index (χ0) is 13.1. The van der Waals surface area contributed by atoms with E-state index in [2.05, 4.69) is 26.2 Å². The van der Waals surface area contributed by atoms with Crippen LogP contribution in [0.25, 0.3) is 0 Å². The molecule has 0 aliphatic heterocycles. The quantitative estimate of drug-likeness (QED) is 0.896. The first-order valence-corrected chi connectivity index (χ1v) is 6.14. The van der Waals surface area contributed by atoms with Crippen LogP contribution >= 0.6 is 15.9 Å². The van der Waals surface area contributed by atoms with E-state index in [4.69, 9.17) is 5.73 Å². The first-order chi connectivity index (χ1) is 8.56. The molecule has 1 amide bonds. The summed E-state index contributed by atoms with van der Waals surface area (Å²) in [4.78, 5) is 15.8. The second kappa shape index (κ2) is 5.18. The van der Waals surface area contributed by atoms with Gasteiger partial charge in [-0.25, -0.2) is 4.98 Å². The summed E-state index contributed by atoms with van der Waals surface area (Å²) in [7, 11) is 0. The Balaban J connectivity index is 2.21. The van der Waals surface area contributed by atoms with E-state index >= 15 is 0 Å². The summed E-state index contributed by atoms with van der Waals surface area (Å²) in [6, 6.07) is 8.88. The number of benzene rings is 1. The minimum absolute atomic E-state index is 0.214. The van der Waals surface area contributed by atoms with E-state index in [1.54, 1.807) is 6.07 Å². The molecule has 0 spiro atoms. The molecule has 1 heterocycles. The van der Waals surface area contributed by atoms with Gasteiger partial charge in [0.2, 0.25) is 0 Å². The number of carbonyl (C=O) groups excluding carboxylic acids is 1. The topological polar surface area (TPSA) is 68.0 Å². The molecule has 2 aromatic rings. The number of pyridine rings is 1. The van der Waals surface area contributed by atoms with Crippen molar-refractivity contribution < 1.29 is 4.79 Å². The second-order valence-electron chi connectivity index (χ2n) is 3.91. The molecule has 2 rings (SSSR count). The number of anilines is 2. The smallest absolute Gasteiger partial charge is 0.255 e. The number of nitrogens with two attached hydrogens (primary N) is 1. The van der Waals surface area contributed by atoms with Crippen LogP contribution in [0.1, 0.15) is 15.9 Å². The van der Waals surface area contributed by atoms with Gasteiger partial charge in [0.25, 0.3) is 5.91 Å². The molecule has 18 heavy (non-hydrogen) atoms. The Morgan fingerprint density at radius 1 is 1.33 bits per heavy atom. The number of rotatable bonds is 2. The summed E-state index contributed by atoms with van der Waals surface area (Å²) in [6.45, 7) is 1.99. The maximum atomic E-state index is 12.0. The summed E-state index contributed by atoms with van der Waals surface area (Å²) in [5.41, 5.74) is 7.86. The fourth-order valence-corrected chi connectivity index (χ4v) is 2.10. The Morgan fingerprint density at radius 3 is 2.78 bits per heavy atom. The van der Waals surface area contributed by atoms with E-state index in [9.17, 15) is 4.79 Å². The van der Waals surface area contributed by atoms with Crippen LogP contribution in [0.3, 0.4) is 0 Å². The van der Waals surface area contributed by atoms with Gasteiger partial charge in [0, 0.05) is 16.2 Å². The third-order valence-corrected chi connectivity index (χ3v) is 3.07. The molecule has 1 aromatic heterocycles. The summed E-state index contributed by atoms with van der Waals surface area (Å²) < 4.78 is 0.845. The van der Waals surface area contributed by atoms with E-state index in [-0.39, 0.29) is 5.91 Å². The number of aromatic nitrogens is 1. The Kier molecular flexibility index (Phi) is 3.62. The Bertz CT molecular complexity index is 599. The fourth-order valence-electron chi connectivity index (χ4n) is 1.51. The van der Waals surface area contributed by atoms with E-state index in [1.165, 1.54) is 12.3 Å². The van der Waals surface area contributed by atoms with E-state index in [1.807, 2.05) is 25.1 Å². The number of aryl methyl sites for hydroxylation is 1. The van der Waals surface area contributed by atoms with Crippen LogP contribution in [0.2, 0.25) is 0 Å². The highest BCUT2D eigenvalue weighted by atomic mass is 79.9. The van der Waals surface area contributed by atoms with Crippen molar-refractivity contribution in [3.05, 3.63) is 52.1 Å². The minimum atomic E-state index is -0.214. The summed E-state index contributed by atoms with van der Waals surface area (Å²) in [6.07, 6.45) is 1.51. The molecule has 0 radical (unpaired) electrons. The highest BCUT2D eigenvalue weighted by Gasteiger charge is 2.08. The number of nitrogens with one attached hydrogen (secondary N) is 1. The van der Waals surface area contributed by atoms with Gasteiger partial charge in [-0.05, 0) is 52.7 Å². The zero-order valence-electron chi connectivity index (χ0n) is 9.77. The Morgan fingerprint density at radius 2 is 2.11 bits per heavy atom. The van der Waals surface area contributed by atoms with Crippen molar-refractivity contribution in [1.82, 2.24) is 4.98 Å². The molecule has 4 nitrogen and oxygen atoms in total. The second-order valence-corrected chi connectivity index (χ2v) is 4.76. The van der Waals surface area contributed by atoms with Crippen LogP contribution in [0.5, 0.6) is 0 Å². The van der Waals surface area contributed by atoms with Crippen LogP contribution in [-0.2, 0) is 0 Å². The SMILES string of the molecule is Cc1ccc(NC(=O)c2ccnc(N)c2)c(Br)c1. The molecule has 3 N–H and O–H groups in total. The van der Waals surface area contributed by atoms with Gasteiger partial charge in [-0.15, -0.1) is 0 Å². The first kappa shape index (κ1) is 12.6. The maximum absolute atomic E-state index is 12.0. The molecule has 5 heteroatoms. The normalized spacial score (nSPS) is 10.1. The van der Waals surface area contributed by atoms with E-state index in [0.29, 0.717) is 11.4 Å². The van der Waals surface area contributed by atoms with Gasteiger partial charge in [-0.3, -0.25) is 4.79 Å². The molecule has 0 saturated carbocycles. The number of hydrogen-bond donors (Lipinski definition) is 2. The fraction of sp³-hybridized carbons (Fsp3) is 0.0769. The largest absolute Gasteiger partial charge is 0.384 e. The summed E-state index contributed by atoms with van der Waals surface area (Å²) in [5.74, 6) is 0.110. The zero-order valence-corrected chi connectivity index (χ0v) is 11.4. The number of hydrogen-bond acceptors (Lipinski definition) is 3. The molecule has 0 fully saturated rings. The molecule has 92 valence electrons. The van der Waals surface area contributed by atoms with Gasteiger partial charge in [0.1, 0.15) is 5.82 Å². The lowest BCUT2D eigenvalue weighted by Crippen LogP contribution is -2.12. The predicted octanol–water partition coefficient (Wildman–Crippen LogP) is 2.99. The van der Waals surface area contributed by atoms with Crippen LogP contribution < -0.4 is 11.1 Å². The predicted molar refractivity (Wildman–Crippen MR) is 75.5 cm³/mol. The van der Waals surface area contributed by atoms with Crippen LogP contribution in [0, 0.1) is 6.92 Å². The van der Waals surface area contributed by atoms with Gasteiger partial charge in [0.15, 0.2) is 0 Å². The monoisotopic (exact) mass is 305 g/mol. The molecule has 0 atom stereocenters. The van der Waals surface area contributed by atoms with Crippen molar-refractivity contribution >= 4 is 33.3 Å². The molecule has 0 aliphatic carbocycles. The van der Waals surface area contributed by atoms with Crippen LogP contribution in [-0.4, -0.2) is 10.9 Å². The van der Waals surface area contributed by atoms with Crippen LogP contribution in [0.4, 0.5) is 11.5 Å². The number of nitrogen functional groups attached to an aromatic ring is 1. The highest BCUT2D eigenvalue weighted by molar-refractivity contribution is 9.10. The highest BCUT2D eigenvalue weighted by Crippen LogP contribution is 2.23. The molecular formula is C13H12BrN3O. The van der Waals surface area contributed by atoms with Crippen molar-refractivity contribution in [3.63, 3.8) is 0 Å². The minimum Gasteiger partial charge on any atom is -0.384 e. The Labute approximate surface area is 113 Å². The Hall–Kier alpha value is -1.88. The molecule has 1 aromatic carbocycles. The number of nitrogens with zero attached hydrogens (tertiary/aromatic N) is 1. The van der Waals surface area contributed by atoms with Gasteiger partial charge in [-0.2, -0.15) is 0 Å². The van der Waals surface area contributed by atoms with Gasteiger partial charge in [0.05, 0.1) is 5.69 Å². The van der Waals surface area contributed by atoms with Crippen molar-refractivity contribution in [1.29, 1.82) is 0 Å². The maximum Gasteiger partial charge on any atom is 0.255 e. The third kappa shape index (κ3) is 2.87. The van der Waals surface area contributed by atoms with E-state index in [0.717, 1.165) is 15.7 Å². The lowest BCUT2D eigenvalue weighted by Gasteiger charge is -2.08. The number of amides is 1. The molecule has 0 saturated heterocycles. The van der Waals surface area contributed by atoms with Crippen molar-refractivity contribution in [3.8, 4) is 0 Å².